The fourth-order valence-electron chi connectivity index (χ4n) is 4.21. The van der Waals surface area contributed by atoms with Crippen molar-refractivity contribution in [2.24, 2.45) is 5.92 Å². The van der Waals surface area contributed by atoms with Crippen molar-refractivity contribution < 1.29 is 0 Å². The summed E-state index contributed by atoms with van der Waals surface area (Å²) in [5.74, 6) is 1.93. The number of likely N-dealkylation sites (tertiary alicyclic amines) is 1. The van der Waals surface area contributed by atoms with Gasteiger partial charge in [0.05, 0.1) is 0 Å². The minimum absolute atomic E-state index is 0.556. The molecule has 1 saturated heterocycles. The van der Waals surface area contributed by atoms with Gasteiger partial charge in [-0.05, 0) is 43.0 Å². The van der Waals surface area contributed by atoms with Gasteiger partial charge in [0.2, 0.25) is 0 Å². The number of nitrogens with zero attached hydrogens (tertiary/aromatic N) is 1. The van der Waals surface area contributed by atoms with Crippen molar-refractivity contribution in [3.63, 3.8) is 0 Å². The second-order valence-corrected chi connectivity index (χ2v) is 6.95. The Morgan fingerprint density at radius 3 is 3.05 bits per heavy atom. The van der Waals surface area contributed by atoms with E-state index in [9.17, 15) is 0 Å². The van der Waals surface area contributed by atoms with E-state index in [0.29, 0.717) is 17.9 Å². The molecule has 0 bridgehead atoms. The summed E-state index contributed by atoms with van der Waals surface area (Å²) in [6.07, 6.45) is 2.24. The number of hydrogen-bond donors (Lipinski definition) is 1. The first-order valence-corrected chi connectivity index (χ1v) is 8.15. The summed E-state index contributed by atoms with van der Waals surface area (Å²) >= 11 is 12.5. The Hall–Kier alpha value is -0.700. The second kappa shape index (κ2) is 4.66. The van der Waals surface area contributed by atoms with Gasteiger partial charge in [-0.2, -0.15) is 0 Å². The topological polar surface area (TPSA) is 19.0 Å². The number of hydrogen-bond acceptors (Lipinski definition) is 1. The minimum Gasteiger partial charge on any atom is -0.345 e. The average molecular weight is 309 g/mol. The van der Waals surface area contributed by atoms with Gasteiger partial charge in [0.25, 0.3) is 0 Å². The van der Waals surface area contributed by atoms with Crippen LogP contribution in [0.4, 0.5) is 0 Å². The molecule has 0 radical (unpaired) electrons. The molecule has 0 saturated carbocycles. The maximum Gasteiger partial charge on any atom is 0.110 e. The standard InChI is InChI=1S/C16H18Cl2N2/c1-20-8-9(7-17)5-11-10-3-2-4-13-15(10)12(6-14(11)20)16(18)19-13/h2-4,9,11,14,19H,5-8H2,1H3/t9?,11-,14-/m0/s1. The predicted molar refractivity (Wildman–Crippen MR) is 85.0 cm³/mol. The van der Waals surface area contributed by atoms with E-state index in [1.54, 1.807) is 0 Å². The van der Waals surface area contributed by atoms with Crippen molar-refractivity contribution in [1.29, 1.82) is 0 Å². The first kappa shape index (κ1) is 13.0. The van der Waals surface area contributed by atoms with Gasteiger partial charge in [0, 0.05) is 35.3 Å². The summed E-state index contributed by atoms with van der Waals surface area (Å²) in [6, 6.07) is 7.10. The van der Waals surface area contributed by atoms with Crippen LogP contribution in [0.5, 0.6) is 0 Å². The summed E-state index contributed by atoms with van der Waals surface area (Å²) in [6.45, 7) is 1.10. The molecule has 1 N–H and O–H groups in total. The number of likely N-dealkylation sites (N-methyl/N-ethyl adjacent to an activating group) is 1. The Morgan fingerprint density at radius 2 is 2.25 bits per heavy atom. The quantitative estimate of drug-likeness (QED) is 0.788. The van der Waals surface area contributed by atoms with Gasteiger partial charge in [-0.15, -0.1) is 11.6 Å². The normalized spacial score (nSPS) is 29.6. The Balaban J connectivity index is 1.89. The van der Waals surface area contributed by atoms with Crippen molar-refractivity contribution in [3.8, 4) is 0 Å². The molecule has 4 heteroatoms. The second-order valence-electron chi connectivity index (χ2n) is 6.26. The van der Waals surface area contributed by atoms with Crippen LogP contribution in [0, 0.1) is 5.92 Å². The summed E-state index contributed by atoms with van der Waals surface area (Å²) in [7, 11) is 2.22. The zero-order valence-electron chi connectivity index (χ0n) is 11.5. The summed E-state index contributed by atoms with van der Waals surface area (Å²) in [4.78, 5) is 5.81. The van der Waals surface area contributed by atoms with Crippen molar-refractivity contribution in [2.75, 3.05) is 19.5 Å². The third kappa shape index (κ3) is 1.75. The van der Waals surface area contributed by atoms with E-state index in [0.717, 1.165) is 24.0 Å². The summed E-state index contributed by atoms with van der Waals surface area (Å²) < 4.78 is 0. The van der Waals surface area contributed by atoms with E-state index in [2.05, 4.69) is 35.1 Å². The highest BCUT2D eigenvalue weighted by Crippen LogP contribution is 2.46. The lowest BCUT2D eigenvalue weighted by atomic mass is 9.73. The smallest absolute Gasteiger partial charge is 0.110 e. The molecule has 2 aliphatic rings. The van der Waals surface area contributed by atoms with E-state index in [1.807, 2.05) is 0 Å². The van der Waals surface area contributed by atoms with Gasteiger partial charge in [-0.3, -0.25) is 0 Å². The van der Waals surface area contributed by atoms with Crippen molar-refractivity contribution in [1.82, 2.24) is 9.88 Å². The van der Waals surface area contributed by atoms with E-state index >= 15 is 0 Å². The number of fused-ring (bicyclic) bond motifs is 2. The van der Waals surface area contributed by atoms with Crippen LogP contribution in [0.15, 0.2) is 18.2 Å². The predicted octanol–water partition coefficient (Wildman–Crippen LogP) is 4.02. The maximum absolute atomic E-state index is 6.41. The van der Waals surface area contributed by atoms with Crippen molar-refractivity contribution >= 4 is 34.1 Å². The monoisotopic (exact) mass is 308 g/mol. The number of alkyl halides is 1. The molecular weight excluding hydrogens is 291 g/mol. The Labute approximate surface area is 129 Å². The molecule has 2 heterocycles. The van der Waals surface area contributed by atoms with E-state index < -0.39 is 0 Å². The zero-order valence-corrected chi connectivity index (χ0v) is 13.0. The largest absolute Gasteiger partial charge is 0.345 e. The number of halogens is 2. The van der Waals surface area contributed by atoms with Crippen molar-refractivity contribution in [3.05, 3.63) is 34.5 Å². The molecule has 2 nitrogen and oxygen atoms in total. The average Bonchev–Trinajstić information content (AvgIpc) is 2.77. The minimum atomic E-state index is 0.556. The number of benzene rings is 1. The van der Waals surface area contributed by atoms with Crippen LogP contribution in [0.1, 0.15) is 23.5 Å². The first-order valence-electron chi connectivity index (χ1n) is 7.24. The van der Waals surface area contributed by atoms with Crippen LogP contribution >= 0.6 is 23.2 Å². The van der Waals surface area contributed by atoms with Crippen LogP contribution in [0.3, 0.4) is 0 Å². The van der Waals surface area contributed by atoms with Gasteiger partial charge in [0.15, 0.2) is 0 Å². The maximum atomic E-state index is 6.41. The molecule has 0 amide bonds. The summed E-state index contributed by atoms with van der Waals surface area (Å²) in [5.41, 5.74) is 3.94. The Bertz CT molecular complexity index is 664. The SMILES string of the molecule is CN1CC(CCl)C[C@H]2c3cccc4[nH]c(Cl)c(c34)C[C@@H]21. The van der Waals surface area contributed by atoms with Crippen LogP contribution in [0.2, 0.25) is 5.15 Å². The molecular formula is C16H18Cl2N2. The number of piperidine rings is 1. The molecule has 106 valence electrons. The molecule has 3 atom stereocenters. The van der Waals surface area contributed by atoms with E-state index in [4.69, 9.17) is 23.2 Å². The molecule has 1 unspecified atom stereocenters. The lowest BCUT2D eigenvalue weighted by Crippen LogP contribution is -2.48. The molecule has 1 aliphatic carbocycles. The first-order chi connectivity index (χ1) is 9.69. The molecule has 1 aliphatic heterocycles. The van der Waals surface area contributed by atoms with Gasteiger partial charge >= 0.3 is 0 Å². The molecule has 1 fully saturated rings. The van der Waals surface area contributed by atoms with Gasteiger partial charge < -0.3 is 9.88 Å². The highest BCUT2D eigenvalue weighted by atomic mass is 35.5. The highest BCUT2D eigenvalue weighted by Gasteiger charge is 2.39. The van der Waals surface area contributed by atoms with E-state index in [1.165, 1.54) is 28.5 Å². The van der Waals surface area contributed by atoms with Crippen molar-refractivity contribution in [2.45, 2.75) is 24.8 Å². The summed E-state index contributed by atoms with van der Waals surface area (Å²) in [5, 5.41) is 2.18. The number of nitrogens with one attached hydrogen (secondary N) is 1. The van der Waals surface area contributed by atoms with Gasteiger partial charge in [-0.25, -0.2) is 0 Å². The molecule has 2 aromatic rings. The number of rotatable bonds is 1. The van der Waals surface area contributed by atoms with Gasteiger partial charge in [0.1, 0.15) is 5.15 Å². The van der Waals surface area contributed by atoms with Crippen LogP contribution < -0.4 is 0 Å². The highest BCUT2D eigenvalue weighted by molar-refractivity contribution is 6.32. The molecule has 1 aromatic carbocycles. The molecule has 4 rings (SSSR count). The van der Waals surface area contributed by atoms with Crippen LogP contribution in [-0.2, 0) is 6.42 Å². The van der Waals surface area contributed by atoms with E-state index in [-0.39, 0.29) is 0 Å². The number of H-pyrrole nitrogens is 1. The van der Waals surface area contributed by atoms with Crippen LogP contribution in [0.25, 0.3) is 10.9 Å². The fourth-order valence-corrected chi connectivity index (χ4v) is 4.71. The lowest BCUT2D eigenvalue weighted by Gasteiger charge is -2.45. The molecule has 20 heavy (non-hydrogen) atoms. The fraction of sp³-hybridized carbons (Fsp3) is 0.500. The molecule has 1 aromatic heterocycles. The third-order valence-electron chi connectivity index (χ3n) is 5.10. The Morgan fingerprint density at radius 1 is 1.40 bits per heavy atom. The van der Waals surface area contributed by atoms with Crippen LogP contribution in [-0.4, -0.2) is 35.4 Å². The number of aromatic amines is 1. The molecule has 0 spiro atoms. The number of aromatic nitrogens is 1. The lowest BCUT2D eigenvalue weighted by molar-refractivity contribution is 0.121. The van der Waals surface area contributed by atoms with Gasteiger partial charge in [-0.1, -0.05) is 23.7 Å². The zero-order chi connectivity index (χ0) is 13.9. The third-order valence-corrected chi connectivity index (χ3v) is 5.86. The Kier molecular flexibility index (Phi) is 3.03.